The average Bonchev–Trinajstić information content (AvgIpc) is 3.71. The molecule has 6 heterocycles. The summed E-state index contributed by atoms with van der Waals surface area (Å²) in [5, 5.41) is 36.9. The lowest BCUT2D eigenvalue weighted by Gasteiger charge is -2.51. The molecule has 0 saturated carbocycles. The van der Waals surface area contributed by atoms with Crippen molar-refractivity contribution >= 4 is 52.3 Å². The molecule has 1 amide bonds. The van der Waals surface area contributed by atoms with E-state index in [2.05, 4.69) is 11.9 Å². The van der Waals surface area contributed by atoms with E-state index in [4.69, 9.17) is 62.1 Å². The van der Waals surface area contributed by atoms with Crippen molar-refractivity contribution in [1.82, 2.24) is 4.90 Å². The molecule has 6 N–H and O–H groups in total. The number of carbonyl (C=O) groups excluding carboxylic acids is 3. The van der Waals surface area contributed by atoms with E-state index in [1.54, 1.807) is 63.2 Å². The van der Waals surface area contributed by atoms with Crippen LogP contribution in [0.2, 0.25) is 10.0 Å². The number of rotatable bonds is 6. The van der Waals surface area contributed by atoms with Gasteiger partial charge in [0.05, 0.1) is 46.5 Å². The monoisotopic (exact) mass is 879 g/mol. The van der Waals surface area contributed by atoms with Gasteiger partial charge in [-0.3, -0.25) is 9.59 Å². The van der Waals surface area contributed by atoms with E-state index in [1.165, 1.54) is 31.4 Å². The van der Waals surface area contributed by atoms with Gasteiger partial charge in [-0.05, 0) is 57.8 Å². The van der Waals surface area contributed by atoms with Gasteiger partial charge in [-0.15, -0.1) is 0 Å². The Morgan fingerprint density at radius 1 is 1.08 bits per heavy atom. The molecule has 322 valence electrons. The van der Waals surface area contributed by atoms with E-state index in [0.29, 0.717) is 16.7 Å². The predicted octanol–water partition coefficient (Wildman–Crippen LogP) is 5.03. The first-order valence-corrected chi connectivity index (χ1v) is 19.9. The van der Waals surface area contributed by atoms with E-state index < -0.39 is 84.2 Å². The summed E-state index contributed by atoms with van der Waals surface area (Å²) in [6.45, 7) is 6.58. The molecule has 11 rings (SSSR count). The molecule has 18 heteroatoms. The van der Waals surface area contributed by atoms with Crippen LogP contribution in [0.5, 0.6) is 23.0 Å². The van der Waals surface area contributed by atoms with Crippen molar-refractivity contribution in [1.29, 1.82) is 0 Å². The zero-order valence-electron chi connectivity index (χ0n) is 33.6. The Kier molecular flexibility index (Phi) is 10.9. The third-order valence-corrected chi connectivity index (χ3v) is 12.2. The second kappa shape index (κ2) is 15.6. The van der Waals surface area contributed by atoms with Crippen molar-refractivity contribution in [3.8, 4) is 23.0 Å². The number of fused-ring (bicyclic) bond motifs is 2. The van der Waals surface area contributed by atoms with Crippen LogP contribution in [0.4, 0.5) is 5.69 Å². The number of carbonyl (C=O) groups is 3. The summed E-state index contributed by atoms with van der Waals surface area (Å²) in [4.78, 5) is 41.9. The molecule has 6 aliphatic heterocycles. The minimum absolute atomic E-state index is 0.00606. The van der Waals surface area contributed by atoms with Crippen molar-refractivity contribution in [3.63, 3.8) is 0 Å². The number of halogens is 2. The van der Waals surface area contributed by atoms with Gasteiger partial charge in [0.15, 0.2) is 47.1 Å². The number of benzene rings is 3. The van der Waals surface area contributed by atoms with E-state index >= 15 is 0 Å². The molecule has 8 aliphatic rings. The number of esters is 2. The number of aliphatic hydroxyl groups is 2. The van der Waals surface area contributed by atoms with E-state index in [9.17, 15) is 29.7 Å². The van der Waals surface area contributed by atoms with Gasteiger partial charge in [0.1, 0.15) is 24.6 Å². The number of aliphatic hydroxyl groups excluding tert-OH is 2. The van der Waals surface area contributed by atoms with Crippen LogP contribution < -0.4 is 25.3 Å². The molecule has 1 fully saturated rings. The molecule has 1 saturated heterocycles. The number of likely N-dealkylation sites (N-methyl/N-ethyl adjacent to an activating group) is 1. The van der Waals surface area contributed by atoms with Crippen molar-refractivity contribution in [2.75, 3.05) is 33.1 Å². The summed E-state index contributed by atoms with van der Waals surface area (Å²) in [6, 6.07) is 7.15. The largest absolute Gasteiger partial charge is 0.504 e. The first kappa shape index (κ1) is 42.5. The minimum atomic E-state index is -1.64. The number of phenolic OH excluding ortho intramolecular Hbond substituents is 1. The zero-order chi connectivity index (χ0) is 43.9. The third-order valence-electron chi connectivity index (χ3n) is 11.5. The highest BCUT2D eigenvalue weighted by atomic mass is 35.5. The lowest BCUT2D eigenvalue weighted by Crippen LogP contribution is -2.67. The van der Waals surface area contributed by atoms with Gasteiger partial charge in [-0.1, -0.05) is 54.1 Å². The summed E-state index contributed by atoms with van der Waals surface area (Å²) in [5.41, 5.74) is 5.25. The number of phenols is 1. The second-order valence-electron chi connectivity index (χ2n) is 16.0. The highest BCUT2D eigenvalue weighted by molar-refractivity contribution is 6.34. The fourth-order valence-corrected chi connectivity index (χ4v) is 9.38. The topological polar surface area (TPSA) is 218 Å². The molecule has 8 unspecified atom stereocenters. The van der Waals surface area contributed by atoms with Gasteiger partial charge in [-0.2, -0.15) is 0 Å². The van der Waals surface area contributed by atoms with Crippen molar-refractivity contribution < 1.29 is 62.9 Å². The lowest BCUT2D eigenvalue weighted by molar-refractivity contribution is -0.329. The fourth-order valence-electron chi connectivity index (χ4n) is 8.71. The van der Waals surface area contributed by atoms with Gasteiger partial charge >= 0.3 is 11.9 Å². The number of allylic oxidation sites excluding steroid dienone is 2. The number of nitrogens with one attached hydrogen (secondary N) is 1. The molecular weight excluding hydrogens is 837 g/mol. The molecule has 3 aromatic rings. The Balaban J connectivity index is 1.26. The molecule has 8 atom stereocenters. The Morgan fingerprint density at radius 3 is 2.52 bits per heavy atom. The lowest BCUT2D eigenvalue weighted by atomic mass is 9.86. The number of methoxy groups -OCH3 is 1. The van der Waals surface area contributed by atoms with E-state index in [-0.39, 0.29) is 61.9 Å². The number of nitrogens with zero attached hydrogens (tertiary/aromatic N) is 1. The summed E-state index contributed by atoms with van der Waals surface area (Å²) in [7, 11) is 4.90. The highest BCUT2D eigenvalue weighted by Gasteiger charge is 2.59. The SMILES string of the molecule is C=C1Oc2cc(OC)cc(C(=O)OC3COC(=O)CC(N)c4cc(O)c(c(Cl)c4)OC4c5ccc3c(Cl)c5C3=CC=CC34OC3OC(C)(C)C(N(C)C)C(O)C3O)c2NC1=O. The molecule has 0 spiro atoms. The summed E-state index contributed by atoms with van der Waals surface area (Å²) < 4.78 is 42.6. The highest BCUT2D eigenvalue weighted by Crippen LogP contribution is 2.59. The number of anilines is 1. The number of hydrogen-bond donors (Lipinski definition) is 5. The Hall–Kier alpha value is -5.17. The van der Waals surface area contributed by atoms with Crippen LogP contribution in [0.3, 0.4) is 0 Å². The smallest absolute Gasteiger partial charge is 0.341 e. The first-order chi connectivity index (χ1) is 28.8. The fraction of sp³-hybridized carbons (Fsp3) is 0.372. The summed E-state index contributed by atoms with van der Waals surface area (Å²) in [6.07, 6.45) is -2.14. The van der Waals surface area contributed by atoms with Gasteiger partial charge in [0.25, 0.3) is 5.91 Å². The third kappa shape index (κ3) is 7.20. The average molecular weight is 881 g/mol. The standard InChI is InChI=1S/C43H43Cl2N3O13/c1-18-39(53)47-33-23(14-20(55-6)15-28(33)57-18)40(54)58-29-17-56-30(50)16-26(46)19-12-25(44)36(27(49)13-19)59-38-22-10-9-21(29)32(45)31(22)24-8-7-11-43(24,38)61-41-35(52)34(51)37(48(4)5)42(2,3)60-41/h7-15,26,29,34-35,37-38,41,49,51-52H,1,16-17,46H2,2-6H3,(H,47,53). The van der Waals surface area contributed by atoms with Gasteiger partial charge in [0.2, 0.25) is 0 Å². The van der Waals surface area contributed by atoms with E-state index in [0.717, 1.165) is 0 Å². The van der Waals surface area contributed by atoms with Gasteiger partial charge < -0.3 is 64.4 Å². The molecule has 3 aromatic carbocycles. The second-order valence-corrected chi connectivity index (χ2v) is 16.8. The zero-order valence-corrected chi connectivity index (χ0v) is 35.1. The minimum Gasteiger partial charge on any atom is -0.504 e. The number of amides is 1. The van der Waals surface area contributed by atoms with Crippen molar-refractivity contribution in [3.05, 3.63) is 105 Å². The summed E-state index contributed by atoms with van der Waals surface area (Å²) in [5.74, 6) is -2.92. The Bertz CT molecular complexity index is 2410. The van der Waals surface area contributed by atoms with Crippen LogP contribution in [0.1, 0.15) is 71.1 Å². The van der Waals surface area contributed by atoms with E-state index in [1.807, 2.05) is 0 Å². The predicted molar refractivity (Wildman–Crippen MR) is 219 cm³/mol. The maximum absolute atomic E-state index is 14.2. The van der Waals surface area contributed by atoms with Crippen molar-refractivity contribution in [2.24, 2.45) is 5.73 Å². The van der Waals surface area contributed by atoms with Crippen LogP contribution in [0, 0.1) is 0 Å². The number of hydrogen-bond acceptors (Lipinski definition) is 15. The molecule has 0 radical (unpaired) electrons. The molecule has 0 aromatic heterocycles. The molecule has 16 nitrogen and oxygen atoms in total. The molecular formula is C43H43Cl2N3O13. The molecule has 6 bridgehead atoms. The summed E-state index contributed by atoms with van der Waals surface area (Å²) >= 11 is 14.1. The van der Waals surface area contributed by atoms with Crippen LogP contribution in [-0.2, 0) is 28.5 Å². The van der Waals surface area contributed by atoms with Crippen LogP contribution in [0.15, 0.2) is 67.0 Å². The Morgan fingerprint density at radius 2 is 1.82 bits per heavy atom. The molecule has 61 heavy (non-hydrogen) atoms. The normalized spacial score (nSPS) is 28.7. The van der Waals surface area contributed by atoms with Crippen molar-refractivity contribution in [2.45, 2.75) is 74.3 Å². The quantitative estimate of drug-likeness (QED) is 0.162. The van der Waals surface area contributed by atoms with Crippen LogP contribution >= 0.6 is 23.2 Å². The number of nitrogens with two attached hydrogens (primary N) is 1. The molecule has 2 aliphatic carbocycles. The maximum Gasteiger partial charge on any atom is 0.341 e. The van der Waals surface area contributed by atoms with Gasteiger partial charge in [0, 0.05) is 34.4 Å². The first-order valence-electron chi connectivity index (χ1n) is 19.2. The number of aromatic hydroxyl groups is 1. The number of ether oxygens (including phenoxy) is 7. The Labute approximate surface area is 359 Å². The van der Waals surface area contributed by atoms with Gasteiger partial charge in [-0.25, -0.2) is 4.79 Å². The van der Waals surface area contributed by atoms with Crippen LogP contribution in [-0.4, -0.2) is 102 Å². The maximum atomic E-state index is 14.2. The van der Waals surface area contributed by atoms with Crippen LogP contribution in [0.25, 0.3) is 5.57 Å².